The number of amides is 1. The van der Waals surface area contributed by atoms with Gasteiger partial charge in [0.1, 0.15) is 0 Å². The van der Waals surface area contributed by atoms with E-state index in [1.54, 1.807) is 23.3 Å². The van der Waals surface area contributed by atoms with Gasteiger partial charge in [-0.15, -0.1) is 11.3 Å². The van der Waals surface area contributed by atoms with Crippen molar-refractivity contribution in [2.45, 2.75) is 6.42 Å². The van der Waals surface area contributed by atoms with E-state index in [0.29, 0.717) is 0 Å². The van der Waals surface area contributed by atoms with Crippen LogP contribution in [0.4, 0.5) is 0 Å². The van der Waals surface area contributed by atoms with E-state index < -0.39 is 0 Å². The summed E-state index contributed by atoms with van der Waals surface area (Å²) in [4.78, 5) is 14.0. The molecule has 0 saturated carbocycles. The van der Waals surface area contributed by atoms with Crippen molar-refractivity contribution >= 4 is 17.2 Å². The Morgan fingerprint density at radius 3 is 3.00 bits per heavy atom. The minimum atomic E-state index is -0.00319. The number of rotatable bonds is 4. The summed E-state index contributed by atoms with van der Waals surface area (Å²) >= 11 is 1.72. The number of likely N-dealkylation sites (N-methyl/N-ethyl adjacent to an activating group) is 1. The molecule has 1 aromatic heterocycles. The molecule has 0 aliphatic carbocycles. The molecule has 0 unspecified atom stereocenters. The van der Waals surface area contributed by atoms with Gasteiger partial charge >= 0.3 is 0 Å². The number of carbonyl (C=O) groups is 1. The van der Waals surface area contributed by atoms with Gasteiger partial charge in [-0.3, -0.25) is 4.79 Å². The molecular weight excluding hydrogens is 184 g/mol. The van der Waals surface area contributed by atoms with Gasteiger partial charge in [-0.1, -0.05) is 6.07 Å². The third kappa shape index (κ3) is 3.16. The van der Waals surface area contributed by atoms with Crippen molar-refractivity contribution in [3.8, 4) is 0 Å². The standard InChI is InChI=1S/C9H14N2OS/c1-11(9(12)7-10)5-4-8-3-2-6-13-8/h2-3,6H,4-5,7,10H2,1H3. The van der Waals surface area contributed by atoms with Crippen molar-refractivity contribution in [3.63, 3.8) is 0 Å². The van der Waals surface area contributed by atoms with E-state index in [1.165, 1.54) is 4.88 Å². The highest BCUT2D eigenvalue weighted by Crippen LogP contribution is 2.09. The molecule has 1 amide bonds. The van der Waals surface area contributed by atoms with Crippen LogP contribution in [-0.4, -0.2) is 30.9 Å². The van der Waals surface area contributed by atoms with Crippen LogP contribution in [-0.2, 0) is 11.2 Å². The van der Waals surface area contributed by atoms with Crippen LogP contribution in [0.25, 0.3) is 0 Å². The van der Waals surface area contributed by atoms with Gasteiger partial charge in [-0.05, 0) is 17.9 Å². The first kappa shape index (κ1) is 10.2. The zero-order chi connectivity index (χ0) is 9.68. The molecule has 72 valence electrons. The molecule has 2 N–H and O–H groups in total. The minimum absolute atomic E-state index is 0.00319. The van der Waals surface area contributed by atoms with Crippen LogP contribution in [0, 0.1) is 0 Å². The van der Waals surface area contributed by atoms with E-state index >= 15 is 0 Å². The second-order valence-corrected chi connectivity index (χ2v) is 3.88. The fourth-order valence-corrected chi connectivity index (χ4v) is 1.71. The summed E-state index contributed by atoms with van der Waals surface area (Å²) in [6.07, 6.45) is 0.917. The van der Waals surface area contributed by atoms with E-state index in [9.17, 15) is 4.79 Å². The molecule has 4 heteroatoms. The summed E-state index contributed by atoms with van der Waals surface area (Å²) in [7, 11) is 1.78. The Morgan fingerprint density at radius 1 is 1.69 bits per heavy atom. The van der Waals surface area contributed by atoms with Crippen LogP contribution >= 0.6 is 11.3 Å². The predicted octanol–water partition coefficient (Wildman–Crippen LogP) is 0.708. The molecule has 1 heterocycles. The largest absolute Gasteiger partial charge is 0.344 e. The molecule has 13 heavy (non-hydrogen) atoms. The lowest BCUT2D eigenvalue weighted by atomic mass is 10.3. The number of nitrogens with two attached hydrogens (primary N) is 1. The lowest BCUT2D eigenvalue weighted by Crippen LogP contribution is -2.33. The topological polar surface area (TPSA) is 46.3 Å². The van der Waals surface area contributed by atoms with E-state index in [4.69, 9.17) is 5.73 Å². The highest BCUT2D eigenvalue weighted by atomic mass is 32.1. The predicted molar refractivity (Wildman–Crippen MR) is 54.7 cm³/mol. The second kappa shape index (κ2) is 4.99. The van der Waals surface area contributed by atoms with Gasteiger partial charge in [-0.2, -0.15) is 0 Å². The molecule has 0 aliphatic rings. The first-order valence-corrected chi connectivity index (χ1v) is 5.08. The molecule has 0 radical (unpaired) electrons. The first-order valence-electron chi connectivity index (χ1n) is 4.20. The molecule has 0 fully saturated rings. The highest BCUT2D eigenvalue weighted by Gasteiger charge is 2.05. The second-order valence-electron chi connectivity index (χ2n) is 2.85. The van der Waals surface area contributed by atoms with Crippen LogP contribution in [0.3, 0.4) is 0 Å². The summed E-state index contributed by atoms with van der Waals surface area (Å²) in [6.45, 7) is 0.845. The molecule has 0 atom stereocenters. The highest BCUT2D eigenvalue weighted by molar-refractivity contribution is 7.09. The maximum Gasteiger partial charge on any atom is 0.236 e. The fraction of sp³-hybridized carbons (Fsp3) is 0.444. The van der Waals surface area contributed by atoms with E-state index in [2.05, 4.69) is 6.07 Å². The van der Waals surface area contributed by atoms with E-state index in [0.717, 1.165) is 13.0 Å². The summed E-state index contributed by atoms with van der Waals surface area (Å²) in [5.41, 5.74) is 5.23. The van der Waals surface area contributed by atoms with E-state index in [1.807, 2.05) is 11.4 Å². The Hall–Kier alpha value is -0.870. The van der Waals surface area contributed by atoms with Crippen molar-refractivity contribution in [1.29, 1.82) is 0 Å². The Morgan fingerprint density at radius 2 is 2.46 bits per heavy atom. The maximum absolute atomic E-state index is 11.1. The lowest BCUT2D eigenvalue weighted by molar-refractivity contribution is -0.128. The van der Waals surface area contributed by atoms with Gasteiger partial charge in [0.2, 0.25) is 5.91 Å². The molecule has 0 bridgehead atoms. The van der Waals surface area contributed by atoms with Gasteiger partial charge < -0.3 is 10.6 Å². The van der Waals surface area contributed by atoms with Gasteiger partial charge in [0.05, 0.1) is 6.54 Å². The quantitative estimate of drug-likeness (QED) is 0.774. The third-order valence-electron chi connectivity index (χ3n) is 1.87. The van der Waals surface area contributed by atoms with Crippen LogP contribution < -0.4 is 5.73 Å². The maximum atomic E-state index is 11.1. The van der Waals surface area contributed by atoms with Gasteiger partial charge in [0.15, 0.2) is 0 Å². The SMILES string of the molecule is CN(CCc1cccs1)C(=O)CN. The smallest absolute Gasteiger partial charge is 0.236 e. The zero-order valence-electron chi connectivity index (χ0n) is 7.69. The van der Waals surface area contributed by atoms with Crippen LogP contribution in [0.1, 0.15) is 4.88 Å². The van der Waals surface area contributed by atoms with Crippen molar-refractivity contribution in [2.75, 3.05) is 20.1 Å². The number of hydrogen-bond donors (Lipinski definition) is 1. The molecular formula is C9H14N2OS. The third-order valence-corrected chi connectivity index (χ3v) is 2.81. The number of nitrogens with zero attached hydrogens (tertiary/aromatic N) is 1. The van der Waals surface area contributed by atoms with Gasteiger partial charge in [-0.25, -0.2) is 0 Å². The van der Waals surface area contributed by atoms with Crippen LogP contribution in [0.2, 0.25) is 0 Å². The summed E-state index contributed by atoms with van der Waals surface area (Å²) in [5, 5.41) is 2.04. The fourth-order valence-electron chi connectivity index (χ4n) is 1.01. The van der Waals surface area contributed by atoms with Crippen molar-refractivity contribution < 1.29 is 4.79 Å². The summed E-state index contributed by atoms with van der Waals surface area (Å²) < 4.78 is 0. The van der Waals surface area contributed by atoms with Crippen molar-refractivity contribution in [1.82, 2.24) is 4.90 Å². The minimum Gasteiger partial charge on any atom is -0.344 e. The average molecular weight is 198 g/mol. The molecule has 3 nitrogen and oxygen atoms in total. The summed E-state index contributed by atoms with van der Waals surface area (Å²) in [5.74, 6) is -0.00319. The van der Waals surface area contributed by atoms with Gasteiger partial charge in [0.25, 0.3) is 0 Å². The Kier molecular flexibility index (Phi) is 3.92. The molecule has 0 saturated heterocycles. The monoisotopic (exact) mass is 198 g/mol. The normalized spacial score (nSPS) is 10.0. The number of hydrogen-bond acceptors (Lipinski definition) is 3. The Bertz CT molecular complexity index is 259. The Balaban J connectivity index is 2.30. The van der Waals surface area contributed by atoms with Crippen LogP contribution in [0.5, 0.6) is 0 Å². The molecule has 0 spiro atoms. The first-order chi connectivity index (χ1) is 6.24. The van der Waals surface area contributed by atoms with Gasteiger partial charge in [0, 0.05) is 18.5 Å². The van der Waals surface area contributed by atoms with E-state index in [-0.39, 0.29) is 12.5 Å². The lowest BCUT2D eigenvalue weighted by Gasteiger charge is -2.14. The molecule has 1 aromatic rings. The molecule has 0 aliphatic heterocycles. The van der Waals surface area contributed by atoms with Crippen molar-refractivity contribution in [3.05, 3.63) is 22.4 Å². The zero-order valence-corrected chi connectivity index (χ0v) is 8.51. The molecule has 0 aromatic carbocycles. The van der Waals surface area contributed by atoms with Crippen LogP contribution in [0.15, 0.2) is 17.5 Å². The Labute approximate surface area is 82.2 Å². The van der Waals surface area contributed by atoms with Crippen molar-refractivity contribution in [2.24, 2.45) is 5.73 Å². The number of carbonyl (C=O) groups excluding carboxylic acids is 1. The molecule has 1 rings (SSSR count). The summed E-state index contributed by atoms with van der Waals surface area (Å²) in [6, 6.07) is 4.09. The number of thiophene rings is 1. The average Bonchev–Trinajstić information content (AvgIpc) is 2.65.